The number of allylic oxidation sites excluding steroid dienone is 2. The number of nitrogens with two attached hydrogens (primary N) is 2. The van der Waals surface area contributed by atoms with Gasteiger partial charge in [-0.15, -0.1) is 0 Å². The Labute approximate surface area is 83.6 Å². The minimum atomic E-state index is -0.312. The maximum absolute atomic E-state index is 6.47. The van der Waals surface area contributed by atoms with Gasteiger partial charge in [-0.05, 0) is 31.1 Å². The molecule has 0 amide bonds. The van der Waals surface area contributed by atoms with Crippen molar-refractivity contribution in [1.82, 2.24) is 5.32 Å². The Balaban J connectivity index is 0.000000140. The van der Waals surface area contributed by atoms with Crippen LogP contribution in [0.2, 0.25) is 0 Å². The second-order valence-corrected chi connectivity index (χ2v) is 3.67. The lowest BCUT2D eigenvalue weighted by atomic mass is 10.1. The number of hydrogen-bond acceptors (Lipinski definition) is 2. The predicted molar refractivity (Wildman–Crippen MR) is 56.9 cm³/mol. The molecule has 0 saturated heterocycles. The van der Waals surface area contributed by atoms with Crippen molar-refractivity contribution in [2.45, 2.75) is 19.3 Å². The summed E-state index contributed by atoms with van der Waals surface area (Å²) in [7, 11) is 0. The third-order valence-corrected chi connectivity index (χ3v) is 2.44. The van der Waals surface area contributed by atoms with E-state index in [4.69, 9.17) is 22.3 Å². The van der Waals surface area contributed by atoms with Gasteiger partial charge in [-0.1, -0.05) is 12.2 Å². The maximum atomic E-state index is 6.47. The van der Waals surface area contributed by atoms with E-state index in [1.54, 1.807) is 0 Å². The van der Waals surface area contributed by atoms with Crippen molar-refractivity contribution in [3.05, 3.63) is 12.2 Å². The van der Waals surface area contributed by atoms with E-state index in [1.165, 1.54) is 19.3 Å². The van der Waals surface area contributed by atoms with E-state index in [1.807, 2.05) is 5.32 Å². The zero-order valence-corrected chi connectivity index (χ0v) is 8.09. The molecule has 0 spiro atoms. The van der Waals surface area contributed by atoms with Crippen molar-refractivity contribution in [2.24, 2.45) is 23.3 Å². The van der Waals surface area contributed by atoms with Gasteiger partial charge in [0.1, 0.15) is 0 Å². The van der Waals surface area contributed by atoms with Crippen LogP contribution in [0.1, 0.15) is 19.3 Å². The van der Waals surface area contributed by atoms with Gasteiger partial charge in [-0.25, -0.2) is 0 Å². The Kier molecular flexibility index (Phi) is 3.50. The van der Waals surface area contributed by atoms with Crippen molar-refractivity contribution < 1.29 is 0 Å². The van der Waals surface area contributed by atoms with Gasteiger partial charge in [-0.2, -0.15) is 0 Å². The van der Waals surface area contributed by atoms with Crippen LogP contribution in [0.3, 0.4) is 0 Å². The van der Waals surface area contributed by atoms with Gasteiger partial charge in [0.15, 0.2) is 11.9 Å². The second-order valence-electron chi connectivity index (χ2n) is 3.67. The molecule has 1 saturated carbocycles. The first-order chi connectivity index (χ1) is 6.58. The third kappa shape index (κ3) is 3.47. The molecule has 5 nitrogen and oxygen atoms in total. The molecule has 2 atom stereocenters. The predicted octanol–water partition coefficient (Wildman–Crippen LogP) is 0.335. The molecule has 0 heterocycles. The molecule has 2 rings (SSSR count). The number of nitrogens with one attached hydrogen (secondary N) is 3. The Morgan fingerprint density at radius 2 is 1.50 bits per heavy atom. The molecular weight excluding hydrogens is 178 g/mol. The molecule has 78 valence electrons. The summed E-state index contributed by atoms with van der Waals surface area (Å²) in [4.78, 5) is 0. The van der Waals surface area contributed by atoms with Crippen LogP contribution in [-0.2, 0) is 0 Å². The Morgan fingerprint density at radius 3 is 1.57 bits per heavy atom. The summed E-state index contributed by atoms with van der Waals surface area (Å²) in [6, 6.07) is 0. The SMILES string of the molecule is C1=CC2CCC1C2.N=C(N)NC(=N)N. The number of fused-ring (bicyclic) bond motifs is 2. The van der Waals surface area contributed by atoms with Crippen LogP contribution in [0.25, 0.3) is 0 Å². The van der Waals surface area contributed by atoms with Crippen LogP contribution in [0.5, 0.6) is 0 Å². The van der Waals surface area contributed by atoms with E-state index in [9.17, 15) is 0 Å². The van der Waals surface area contributed by atoms with Crippen LogP contribution in [0, 0.1) is 22.7 Å². The molecule has 0 aliphatic heterocycles. The van der Waals surface area contributed by atoms with Gasteiger partial charge in [-0.3, -0.25) is 16.1 Å². The minimum Gasteiger partial charge on any atom is -0.370 e. The van der Waals surface area contributed by atoms with E-state index in [2.05, 4.69) is 12.2 Å². The van der Waals surface area contributed by atoms with E-state index in [0.29, 0.717) is 0 Å². The molecule has 7 N–H and O–H groups in total. The first-order valence-electron chi connectivity index (χ1n) is 4.71. The lowest BCUT2D eigenvalue weighted by Crippen LogP contribution is -2.39. The summed E-state index contributed by atoms with van der Waals surface area (Å²) in [6.07, 6.45) is 9.19. The average Bonchev–Trinajstić information content (AvgIpc) is 2.63. The molecule has 2 unspecified atom stereocenters. The van der Waals surface area contributed by atoms with E-state index in [-0.39, 0.29) is 11.9 Å². The largest absolute Gasteiger partial charge is 0.370 e. The van der Waals surface area contributed by atoms with Crippen molar-refractivity contribution >= 4 is 11.9 Å². The van der Waals surface area contributed by atoms with E-state index >= 15 is 0 Å². The summed E-state index contributed by atoms with van der Waals surface area (Å²) in [5.74, 6) is 1.36. The molecular formula is C9H17N5. The van der Waals surface area contributed by atoms with Crippen molar-refractivity contribution in [2.75, 3.05) is 0 Å². The van der Waals surface area contributed by atoms with Crippen molar-refractivity contribution in [1.29, 1.82) is 10.8 Å². The summed E-state index contributed by atoms with van der Waals surface area (Å²) in [5.41, 5.74) is 9.49. The second kappa shape index (κ2) is 4.64. The third-order valence-electron chi connectivity index (χ3n) is 2.44. The molecule has 0 aromatic rings. The molecule has 2 aliphatic carbocycles. The van der Waals surface area contributed by atoms with E-state index < -0.39 is 0 Å². The summed E-state index contributed by atoms with van der Waals surface area (Å²) in [5, 5.41) is 15.0. The molecule has 5 heteroatoms. The van der Waals surface area contributed by atoms with Gasteiger partial charge < -0.3 is 11.5 Å². The fourth-order valence-corrected chi connectivity index (χ4v) is 1.86. The topological polar surface area (TPSA) is 112 Å². The fraction of sp³-hybridized carbons (Fsp3) is 0.556. The maximum Gasteiger partial charge on any atom is 0.192 e. The summed E-state index contributed by atoms with van der Waals surface area (Å²) < 4.78 is 0. The minimum absolute atomic E-state index is 0.312. The molecule has 0 aromatic heterocycles. The highest BCUT2D eigenvalue weighted by molar-refractivity contribution is 5.93. The van der Waals surface area contributed by atoms with Gasteiger partial charge in [0, 0.05) is 0 Å². The molecule has 14 heavy (non-hydrogen) atoms. The normalized spacial score (nSPS) is 26.6. The van der Waals surface area contributed by atoms with Gasteiger partial charge in [0.05, 0.1) is 0 Å². The lowest BCUT2D eigenvalue weighted by Gasteiger charge is -1.96. The Bertz CT molecular complexity index is 234. The summed E-state index contributed by atoms with van der Waals surface area (Å²) >= 11 is 0. The van der Waals surface area contributed by atoms with Crippen LogP contribution < -0.4 is 16.8 Å². The Hall–Kier alpha value is -1.52. The highest BCUT2D eigenvalue weighted by Gasteiger charge is 2.25. The highest BCUT2D eigenvalue weighted by Crippen LogP contribution is 2.38. The quantitative estimate of drug-likeness (QED) is 0.218. The molecule has 0 radical (unpaired) electrons. The van der Waals surface area contributed by atoms with Gasteiger partial charge >= 0.3 is 0 Å². The molecule has 2 aliphatic rings. The monoisotopic (exact) mass is 195 g/mol. The zero-order valence-electron chi connectivity index (χ0n) is 8.09. The fourth-order valence-electron chi connectivity index (χ4n) is 1.86. The van der Waals surface area contributed by atoms with Crippen molar-refractivity contribution in [3.63, 3.8) is 0 Å². The lowest BCUT2D eigenvalue weighted by molar-refractivity contribution is 0.691. The first-order valence-corrected chi connectivity index (χ1v) is 4.71. The average molecular weight is 195 g/mol. The molecule has 0 aromatic carbocycles. The first kappa shape index (κ1) is 10.6. The van der Waals surface area contributed by atoms with Crippen LogP contribution in [0.15, 0.2) is 12.2 Å². The zero-order chi connectivity index (χ0) is 10.6. The summed E-state index contributed by atoms with van der Waals surface area (Å²) in [6.45, 7) is 0. The van der Waals surface area contributed by atoms with E-state index in [0.717, 1.165) is 11.8 Å². The Morgan fingerprint density at radius 1 is 1.07 bits per heavy atom. The smallest absolute Gasteiger partial charge is 0.192 e. The molecule has 2 bridgehead atoms. The van der Waals surface area contributed by atoms with Crippen LogP contribution in [-0.4, -0.2) is 11.9 Å². The van der Waals surface area contributed by atoms with Crippen molar-refractivity contribution in [3.8, 4) is 0 Å². The number of hydrogen-bond donors (Lipinski definition) is 5. The number of guanidine groups is 2. The van der Waals surface area contributed by atoms with Crippen LogP contribution in [0.4, 0.5) is 0 Å². The van der Waals surface area contributed by atoms with Gasteiger partial charge in [0.25, 0.3) is 0 Å². The van der Waals surface area contributed by atoms with Gasteiger partial charge in [0.2, 0.25) is 0 Å². The van der Waals surface area contributed by atoms with Crippen LogP contribution >= 0.6 is 0 Å². The number of rotatable bonds is 0. The standard InChI is InChI=1S/C7H10.C2H7N5/c1-2-7-4-3-6(1)5-7;3-1(4)7-2(5)6/h1-2,6-7H,3-5H2;(H7,3,4,5,6,7). The highest BCUT2D eigenvalue weighted by atomic mass is 15.1. The molecule has 1 fully saturated rings.